The summed E-state index contributed by atoms with van der Waals surface area (Å²) in [5, 5.41) is 21.0. The van der Waals surface area contributed by atoms with Crippen LogP contribution in [0.25, 0.3) is 0 Å². The molecule has 3 rings (SSSR count). The van der Waals surface area contributed by atoms with Gasteiger partial charge in [0.2, 0.25) is 0 Å². The number of ketones is 1. The molecule has 2 N–H and O–H groups in total. The molecule has 0 spiro atoms. The first-order valence-electron chi connectivity index (χ1n) is 9.08. The van der Waals surface area contributed by atoms with Crippen molar-refractivity contribution in [3.8, 4) is 0 Å². The Kier molecular flexibility index (Phi) is 5.59. The van der Waals surface area contributed by atoms with E-state index in [9.17, 15) is 19.8 Å². The topological polar surface area (TPSA) is 83.8 Å². The number of rotatable bonds is 1. The molecule has 3 aliphatic rings. The molecule has 3 atom stereocenters. The van der Waals surface area contributed by atoms with Crippen LogP contribution in [0.3, 0.4) is 0 Å². The van der Waals surface area contributed by atoms with Gasteiger partial charge in [-0.15, -0.1) is 0 Å². The predicted molar refractivity (Wildman–Crippen MR) is 94.8 cm³/mol. The van der Waals surface area contributed by atoms with Crippen molar-refractivity contribution in [2.75, 3.05) is 0 Å². The van der Waals surface area contributed by atoms with Gasteiger partial charge in [0.05, 0.1) is 5.60 Å². The monoisotopic (exact) mass is 350 g/mol. The Morgan fingerprint density at radius 2 is 1.72 bits per heavy atom. The summed E-state index contributed by atoms with van der Waals surface area (Å²) in [5.41, 5.74) is -2.81. The minimum absolute atomic E-state index is 0.0697. The van der Waals surface area contributed by atoms with Crippen LogP contribution in [-0.2, 0) is 14.3 Å². The Morgan fingerprint density at radius 1 is 1.04 bits per heavy atom. The van der Waals surface area contributed by atoms with E-state index in [1.807, 2.05) is 13.8 Å². The van der Waals surface area contributed by atoms with Gasteiger partial charge in [0.25, 0.3) is 0 Å². The number of esters is 1. The number of carbonyl (C=O) groups is 2. The van der Waals surface area contributed by atoms with E-state index in [4.69, 9.17) is 4.74 Å². The first kappa shape index (κ1) is 19.9. The summed E-state index contributed by atoms with van der Waals surface area (Å²) < 4.78 is 5.78. The minimum Gasteiger partial charge on any atom is -0.451 e. The second-order valence-corrected chi connectivity index (χ2v) is 8.15. The zero-order chi connectivity index (χ0) is 18.9. The van der Waals surface area contributed by atoms with E-state index >= 15 is 0 Å². The van der Waals surface area contributed by atoms with Crippen LogP contribution in [0.15, 0.2) is 23.8 Å². The molecule has 2 bridgehead atoms. The Hall–Kier alpha value is -1.46. The summed E-state index contributed by atoms with van der Waals surface area (Å²) in [7, 11) is 0. The molecule has 5 heteroatoms. The number of aliphatic hydroxyl groups is 2. The lowest BCUT2D eigenvalue weighted by atomic mass is 9.79. The molecule has 1 saturated heterocycles. The van der Waals surface area contributed by atoms with Gasteiger partial charge in [-0.3, -0.25) is 4.79 Å². The van der Waals surface area contributed by atoms with E-state index in [0.717, 1.165) is 0 Å². The van der Waals surface area contributed by atoms with Crippen LogP contribution < -0.4 is 0 Å². The highest BCUT2D eigenvalue weighted by Gasteiger charge is 2.41. The number of ether oxygens (including phenoxy) is 1. The molecule has 0 saturated carbocycles. The fourth-order valence-electron chi connectivity index (χ4n) is 3.33. The second-order valence-electron chi connectivity index (χ2n) is 8.15. The maximum absolute atomic E-state index is 12.4. The molecule has 1 fully saturated rings. The van der Waals surface area contributed by atoms with Crippen molar-refractivity contribution >= 4 is 11.8 Å². The van der Waals surface area contributed by atoms with Gasteiger partial charge in [-0.2, -0.15) is 0 Å². The number of Topliss-reactive ketones (excluding diaryl/α,β-unsaturated/α-hetero) is 1. The van der Waals surface area contributed by atoms with Crippen molar-refractivity contribution in [3.05, 3.63) is 23.8 Å². The molecule has 0 unspecified atom stereocenters. The average molecular weight is 350 g/mol. The van der Waals surface area contributed by atoms with E-state index < -0.39 is 16.8 Å². The van der Waals surface area contributed by atoms with E-state index in [1.54, 1.807) is 25.2 Å². The molecule has 0 aromatic carbocycles. The van der Waals surface area contributed by atoms with Crippen LogP contribution >= 0.6 is 0 Å². The molecule has 5 nitrogen and oxygen atoms in total. The molecule has 2 aliphatic heterocycles. The van der Waals surface area contributed by atoms with Crippen molar-refractivity contribution in [2.24, 2.45) is 5.92 Å². The lowest BCUT2D eigenvalue weighted by molar-refractivity contribution is -0.159. The zero-order valence-electron chi connectivity index (χ0n) is 15.7. The van der Waals surface area contributed by atoms with Gasteiger partial charge in [-0.1, -0.05) is 26.0 Å². The van der Waals surface area contributed by atoms with Gasteiger partial charge in [0.15, 0.2) is 5.78 Å². The minimum atomic E-state index is -1.46. The number of hydrogen-bond donors (Lipinski definition) is 2. The van der Waals surface area contributed by atoms with Gasteiger partial charge in [0, 0.05) is 12.0 Å². The SMILES string of the molecule is CC(C)[C@]12/C=C/[C@](C)(O)CCC(=O)[C@@](C)(O)CC/C=C(/CC1)C(=O)O2. The third-order valence-electron chi connectivity index (χ3n) is 5.51. The Morgan fingerprint density at radius 3 is 2.32 bits per heavy atom. The fourth-order valence-corrected chi connectivity index (χ4v) is 3.33. The molecule has 1 aliphatic carbocycles. The largest absolute Gasteiger partial charge is 0.451 e. The maximum atomic E-state index is 12.4. The fraction of sp³-hybridized carbons (Fsp3) is 0.700. The van der Waals surface area contributed by atoms with Crippen molar-refractivity contribution in [2.45, 2.75) is 83.0 Å². The number of hydrogen-bond acceptors (Lipinski definition) is 5. The third kappa shape index (κ3) is 4.59. The smallest absolute Gasteiger partial charge is 0.334 e. The van der Waals surface area contributed by atoms with Crippen LogP contribution in [0.1, 0.15) is 66.2 Å². The van der Waals surface area contributed by atoms with Gasteiger partial charge in [0.1, 0.15) is 11.2 Å². The highest BCUT2D eigenvalue weighted by molar-refractivity contribution is 5.90. The van der Waals surface area contributed by atoms with Crippen LogP contribution in [0.5, 0.6) is 0 Å². The summed E-state index contributed by atoms with van der Waals surface area (Å²) >= 11 is 0. The highest BCUT2D eigenvalue weighted by Crippen LogP contribution is 2.37. The van der Waals surface area contributed by atoms with E-state index in [-0.39, 0.29) is 36.9 Å². The Labute approximate surface area is 149 Å². The molecule has 2 heterocycles. The molecule has 140 valence electrons. The molecular formula is C20H30O5. The first-order valence-corrected chi connectivity index (χ1v) is 9.08. The number of carbonyl (C=O) groups excluding carboxylic acids is 2. The first-order chi connectivity index (χ1) is 11.5. The second kappa shape index (κ2) is 7.04. The predicted octanol–water partition coefficient (Wildman–Crippen LogP) is 2.85. The normalized spacial score (nSPS) is 41.0. The summed E-state index contributed by atoms with van der Waals surface area (Å²) in [6.07, 6.45) is 7.41. The lowest BCUT2D eigenvalue weighted by Gasteiger charge is -2.39. The van der Waals surface area contributed by atoms with Crippen molar-refractivity contribution in [1.82, 2.24) is 0 Å². The lowest BCUT2D eigenvalue weighted by Crippen LogP contribution is -2.43. The highest BCUT2D eigenvalue weighted by atomic mass is 16.6. The van der Waals surface area contributed by atoms with Crippen LogP contribution in [-0.4, -0.2) is 38.8 Å². The zero-order valence-corrected chi connectivity index (χ0v) is 15.7. The molecule has 0 aromatic heterocycles. The van der Waals surface area contributed by atoms with Crippen molar-refractivity contribution in [3.63, 3.8) is 0 Å². The van der Waals surface area contributed by atoms with Crippen molar-refractivity contribution in [1.29, 1.82) is 0 Å². The molecular weight excluding hydrogens is 320 g/mol. The Bertz CT molecular complexity index is 597. The maximum Gasteiger partial charge on any atom is 0.334 e. The summed E-state index contributed by atoms with van der Waals surface area (Å²) in [4.78, 5) is 24.7. The molecule has 0 aromatic rings. The number of fused-ring (bicyclic) bond motifs is 10. The van der Waals surface area contributed by atoms with Crippen LogP contribution in [0.2, 0.25) is 0 Å². The van der Waals surface area contributed by atoms with Crippen LogP contribution in [0, 0.1) is 5.92 Å². The summed E-state index contributed by atoms with van der Waals surface area (Å²) in [5.74, 6) is -0.574. The van der Waals surface area contributed by atoms with Gasteiger partial charge in [-0.25, -0.2) is 4.79 Å². The Balaban J connectivity index is 2.38. The standard InChI is InChI=1S/C20H30O5/c1-14(2)20-11-7-15(17(22)25-20)6-5-9-19(4,24)16(21)8-10-18(3,23)12-13-20/h6,12-14,23-24H,5,7-11H2,1-4H3/b13-12+,15-6-/t18-,19+,20-/m1/s1. The van der Waals surface area contributed by atoms with Gasteiger partial charge in [-0.05, 0) is 57.9 Å². The van der Waals surface area contributed by atoms with E-state index in [0.29, 0.717) is 24.8 Å². The molecule has 0 radical (unpaired) electrons. The van der Waals surface area contributed by atoms with Gasteiger partial charge >= 0.3 is 5.97 Å². The summed E-state index contributed by atoms with van der Waals surface area (Å²) in [6, 6.07) is 0. The quantitative estimate of drug-likeness (QED) is 0.561. The van der Waals surface area contributed by atoms with Crippen LogP contribution in [0.4, 0.5) is 0 Å². The van der Waals surface area contributed by atoms with E-state index in [2.05, 4.69) is 0 Å². The third-order valence-corrected chi connectivity index (χ3v) is 5.51. The molecule has 0 amide bonds. The average Bonchev–Trinajstić information content (AvgIpc) is 2.51. The number of allylic oxidation sites excluding steroid dienone is 1. The van der Waals surface area contributed by atoms with Crippen molar-refractivity contribution < 1.29 is 24.5 Å². The van der Waals surface area contributed by atoms with Gasteiger partial charge < -0.3 is 14.9 Å². The van der Waals surface area contributed by atoms with E-state index in [1.165, 1.54) is 6.92 Å². The molecule has 25 heavy (non-hydrogen) atoms. The summed E-state index contributed by atoms with van der Waals surface area (Å²) in [6.45, 7) is 7.10.